The summed E-state index contributed by atoms with van der Waals surface area (Å²) in [4.78, 5) is 0. The summed E-state index contributed by atoms with van der Waals surface area (Å²) in [6, 6.07) is 0.436. The van der Waals surface area contributed by atoms with Crippen LogP contribution in [0.15, 0.2) is 11.6 Å². The fraction of sp³-hybridized carbons (Fsp3) is 0.889. The molecule has 4 aliphatic rings. The van der Waals surface area contributed by atoms with Crippen LogP contribution in [0.4, 0.5) is 0 Å². The molecule has 5 N–H and O–H groups in total. The number of rotatable bonds is 4. The van der Waals surface area contributed by atoms with Crippen molar-refractivity contribution in [2.45, 2.75) is 62.8 Å². The van der Waals surface area contributed by atoms with Gasteiger partial charge in [0.05, 0.1) is 18.4 Å². The van der Waals surface area contributed by atoms with E-state index in [9.17, 15) is 0 Å². The Morgan fingerprint density at radius 3 is 3.08 bits per heavy atom. The largest absolute Gasteiger partial charge is 0.349 e. The van der Waals surface area contributed by atoms with E-state index in [0.717, 1.165) is 38.9 Å². The number of hydrogen-bond donors (Lipinski definition) is 5. The fourth-order valence-electron chi connectivity index (χ4n) is 4.75. The molecule has 142 valence electrons. The van der Waals surface area contributed by atoms with Gasteiger partial charge in [0.25, 0.3) is 0 Å². The highest BCUT2D eigenvalue weighted by Crippen LogP contribution is 2.38. The van der Waals surface area contributed by atoms with Gasteiger partial charge in [-0.15, -0.1) is 0 Å². The first-order valence-corrected chi connectivity index (χ1v) is 9.89. The van der Waals surface area contributed by atoms with Gasteiger partial charge >= 0.3 is 0 Å². The first-order valence-electron chi connectivity index (χ1n) is 9.89. The third-order valence-corrected chi connectivity index (χ3v) is 6.06. The Bertz CT molecular complexity index is 474. The Labute approximate surface area is 150 Å². The summed E-state index contributed by atoms with van der Waals surface area (Å²) < 4.78 is 11.9. The lowest BCUT2D eigenvalue weighted by Crippen LogP contribution is -2.66. The molecule has 3 heterocycles. The SMILES string of the molecule is CNC1CCNC(NC2CC3OCOC3C(C3=CCNCCC3)C2)N1. The van der Waals surface area contributed by atoms with Crippen molar-refractivity contribution in [3.63, 3.8) is 0 Å². The van der Waals surface area contributed by atoms with Gasteiger partial charge in [-0.05, 0) is 45.7 Å². The maximum absolute atomic E-state index is 5.98. The van der Waals surface area contributed by atoms with E-state index in [1.165, 1.54) is 12.8 Å². The second-order valence-electron chi connectivity index (χ2n) is 7.67. The van der Waals surface area contributed by atoms with Crippen molar-refractivity contribution in [2.24, 2.45) is 5.92 Å². The monoisotopic (exact) mass is 351 g/mol. The third kappa shape index (κ3) is 4.24. The molecule has 6 atom stereocenters. The Morgan fingerprint density at radius 1 is 1.20 bits per heavy atom. The van der Waals surface area contributed by atoms with E-state index in [0.29, 0.717) is 24.9 Å². The summed E-state index contributed by atoms with van der Waals surface area (Å²) in [7, 11) is 2.01. The normalized spacial score (nSPS) is 42.5. The highest BCUT2D eigenvalue weighted by atomic mass is 16.7. The lowest BCUT2D eigenvalue weighted by molar-refractivity contribution is 0.0312. The van der Waals surface area contributed by atoms with E-state index >= 15 is 0 Å². The molecule has 0 aromatic carbocycles. The molecule has 0 amide bonds. The van der Waals surface area contributed by atoms with Crippen molar-refractivity contribution in [1.82, 2.24) is 26.6 Å². The third-order valence-electron chi connectivity index (χ3n) is 6.06. The Kier molecular flexibility index (Phi) is 6.02. The number of hydrogen-bond acceptors (Lipinski definition) is 7. The van der Waals surface area contributed by atoms with Crippen molar-refractivity contribution < 1.29 is 9.47 Å². The molecule has 2 saturated heterocycles. The molecule has 0 aromatic heterocycles. The minimum atomic E-state index is 0.153. The van der Waals surface area contributed by atoms with Crippen LogP contribution in [-0.2, 0) is 9.47 Å². The summed E-state index contributed by atoms with van der Waals surface area (Å²) in [6.45, 7) is 3.57. The van der Waals surface area contributed by atoms with Crippen LogP contribution in [0.3, 0.4) is 0 Å². The van der Waals surface area contributed by atoms with Crippen molar-refractivity contribution in [3.05, 3.63) is 11.6 Å². The lowest BCUT2D eigenvalue weighted by atomic mass is 9.76. The standard InChI is InChI=1S/C18H33N5O2/c1-19-16-5-8-21-18(23-16)22-13-9-14(12-3-2-6-20-7-4-12)17-15(10-13)24-11-25-17/h4,13-23H,2-3,5-11H2,1H3. The molecular weight excluding hydrogens is 318 g/mol. The molecule has 0 spiro atoms. The Morgan fingerprint density at radius 2 is 2.16 bits per heavy atom. The average Bonchev–Trinajstić information content (AvgIpc) is 2.94. The van der Waals surface area contributed by atoms with Gasteiger partial charge in [-0.25, -0.2) is 0 Å². The molecule has 0 radical (unpaired) electrons. The number of nitrogens with one attached hydrogen (secondary N) is 5. The van der Waals surface area contributed by atoms with Crippen LogP contribution >= 0.6 is 0 Å². The molecule has 3 aliphatic heterocycles. The van der Waals surface area contributed by atoms with Gasteiger partial charge in [0, 0.05) is 25.0 Å². The summed E-state index contributed by atoms with van der Waals surface area (Å²) in [5, 5.41) is 17.7. The van der Waals surface area contributed by atoms with E-state index in [-0.39, 0.29) is 18.5 Å². The van der Waals surface area contributed by atoms with Gasteiger partial charge in [-0.1, -0.05) is 11.6 Å². The topological polar surface area (TPSA) is 78.6 Å². The van der Waals surface area contributed by atoms with E-state index < -0.39 is 0 Å². The summed E-state index contributed by atoms with van der Waals surface area (Å²) in [5.74, 6) is 0.474. The van der Waals surface area contributed by atoms with Crippen LogP contribution in [0.1, 0.15) is 32.1 Å². The smallest absolute Gasteiger partial charge is 0.147 e. The summed E-state index contributed by atoms with van der Waals surface area (Å²) in [6.07, 6.45) is 9.02. The average molecular weight is 351 g/mol. The summed E-state index contributed by atoms with van der Waals surface area (Å²) >= 11 is 0. The zero-order chi connectivity index (χ0) is 17.1. The Balaban J connectivity index is 1.42. The van der Waals surface area contributed by atoms with Crippen LogP contribution < -0.4 is 26.6 Å². The predicted octanol–water partition coefficient (Wildman–Crippen LogP) is -0.182. The molecule has 0 aromatic rings. The lowest BCUT2D eigenvalue weighted by Gasteiger charge is -2.41. The second kappa shape index (κ2) is 8.43. The van der Waals surface area contributed by atoms with Gasteiger partial charge in [-0.2, -0.15) is 0 Å². The van der Waals surface area contributed by atoms with E-state index in [2.05, 4.69) is 32.7 Å². The van der Waals surface area contributed by atoms with E-state index in [1.54, 1.807) is 5.57 Å². The van der Waals surface area contributed by atoms with Crippen molar-refractivity contribution >= 4 is 0 Å². The number of fused-ring (bicyclic) bond motifs is 1. The molecule has 3 fully saturated rings. The maximum Gasteiger partial charge on any atom is 0.147 e. The van der Waals surface area contributed by atoms with Gasteiger partial charge in [0.15, 0.2) is 0 Å². The van der Waals surface area contributed by atoms with Crippen LogP contribution in [-0.4, -0.2) is 64.2 Å². The highest BCUT2D eigenvalue weighted by Gasteiger charge is 2.44. The van der Waals surface area contributed by atoms with Crippen molar-refractivity contribution in [1.29, 1.82) is 0 Å². The van der Waals surface area contributed by atoms with Gasteiger partial charge in [-0.3, -0.25) is 16.0 Å². The first-order chi connectivity index (χ1) is 12.3. The molecular formula is C18H33N5O2. The maximum atomic E-state index is 5.98. The van der Waals surface area contributed by atoms with Crippen LogP contribution in [0, 0.1) is 5.92 Å². The molecule has 4 rings (SSSR count). The van der Waals surface area contributed by atoms with Crippen molar-refractivity contribution in [2.75, 3.05) is 33.5 Å². The molecule has 7 heteroatoms. The van der Waals surface area contributed by atoms with E-state index in [4.69, 9.17) is 9.47 Å². The first kappa shape index (κ1) is 17.9. The quantitative estimate of drug-likeness (QED) is 0.450. The van der Waals surface area contributed by atoms with Gasteiger partial charge in [0.2, 0.25) is 0 Å². The minimum Gasteiger partial charge on any atom is -0.349 e. The fourth-order valence-corrected chi connectivity index (χ4v) is 4.75. The Hall–Kier alpha value is -0.540. The molecule has 25 heavy (non-hydrogen) atoms. The second-order valence-corrected chi connectivity index (χ2v) is 7.67. The molecule has 0 bridgehead atoms. The zero-order valence-corrected chi connectivity index (χ0v) is 15.2. The summed E-state index contributed by atoms with van der Waals surface area (Å²) in [5.41, 5.74) is 1.56. The predicted molar refractivity (Wildman–Crippen MR) is 96.8 cm³/mol. The van der Waals surface area contributed by atoms with Crippen LogP contribution in [0.2, 0.25) is 0 Å². The molecule has 7 nitrogen and oxygen atoms in total. The van der Waals surface area contributed by atoms with Crippen LogP contribution in [0.25, 0.3) is 0 Å². The molecule has 1 saturated carbocycles. The highest BCUT2D eigenvalue weighted by molar-refractivity contribution is 5.15. The molecule has 1 aliphatic carbocycles. The molecule has 6 unspecified atom stereocenters. The van der Waals surface area contributed by atoms with Gasteiger partial charge in [0.1, 0.15) is 13.1 Å². The van der Waals surface area contributed by atoms with Crippen LogP contribution in [0.5, 0.6) is 0 Å². The number of ether oxygens (including phenoxy) is 2. The van der Waals surface area contributed by atoms with E-state index in [1.807, 2.05) is 7.05 Å². The zero-order valence-electron chi connectivity index (χ0n) is 15.2. The minimum absolute atomic E-state index is 0.153. The van der Waals surface area contributed by atoms with Gasteiger partial charge < -0.3 is 20.1 Å². The van der Waals surface area contributed by atoms with Crippen molar-refractivity contribution in [3.8, 4) is 0 Å².